The standard InChI is InChI=1S/C21H22ClNO4/c1-3-4-5-10-27-18-9-6-14(11-19(18)26-2)13-23-17-8-7-15(22)12-16(17)20(24)21(23)25/h6-9,11-12H,3-5,10,13H2,1-2H3. The first-order chi connectivity index (χ1) is 13.0. The molecule has 2 aromatic rings. The van der Waals surface area contributed by atoms with E-state index in [-0.39, 0.29) is 6.54 Å². The van der Waals surface area contributed by atoms with E-state index in [2.05, 4.69) is 6.92 Å². The van der Waals surface area contributed by atoms with Gasteiger partial charge in [0.05, 0.1) is 31.5 Å². The van der Waals surface area contributed by atoms with Gasteiger partial charge in [0.2, 0.25) is 0 Å². The molecule has 27 heavy (non-hydrogen) atoms. The average Bonchev–Trinajstić information content (AvgIpc) is 2.90. The maximum Gasteiger partial charge on any atom is 0.299 e. The number of unbranched alkanes of at least 4 members (excludes halogenated alkanes) is 2. The molecule has 0 spiro atoms. The topological polar surface area (TPSA) is 55.8 Å². The molecule has 5 nitrogen and oxygen atoms in total. The SMILES string of the molecule is CCCCCOc1ccc(CN2C(=O)C(=O)c3cc(Cl)ccc32)cc1OC. The third-order valence-electron chi connectivity index (χ3n) is 4.51. The highest BCUT2D eigenvalue weighted by Gasteiger charge is 2.35. The number of carbonyl (C=O) groups excluding carboxylic acids is 2. The highest BCUT2D eigenvalue weighted by molar-refractivity contribution is 6.52. The van der Waals surface area contributed by atoms with E-state index in [9.17, 15) is 9.59 Å². The lowest BCUT2D eigenvalue weighted by Gasteiger charge is -2.18. The first kappa shape index (κ1) is 19.2. The second-order valence-corrected chi connectivity index (χ2v) is 6.86. The van der Waals surface area contributed by atoms with Crippen LogP contribution in [0.1, 0.15) is 42.1 Å². The van der Waals surface area contributed by atoms with Gasteiger partial charge in [-0.1, -0.05) is 37.4 Å². The van der Waals surface area contributed by atoms with Crippen LogP contribution in [0.15, 0.2) is 36.4 Å². The van der Waals surface area contributed by atoms with Crippen molar-refractivity contribution in [1.29, 1.82) is 0 Å². The summed E-state index contributed by atoms with van der Waals surface area (Å²) in [6.45, 7) is 3.05. The molecule has 1 aliphatic rings. The summed E-state index contributed by atoms with van der Waals surface area (Å²) in [6, 6.07) is 10.5. The fraction of sp³-hybridized carbons (Fsp3) is 0.333. The summed E-state index contributed by atoms with van der Waals surface area (Å²) in [4.78, 5) is 26.0. The Morgan fingerprint density at radius 2 is 1.85 bits per heavy atom. The zero-order chi connectivity index (χ0) is 19.4. The van der Waals surface area contributed by atoms with Crippen molar-refractivity contribution in [1.82, 2.24) is 0 Å². The van der Waals surface area contributed by atoms with Crippen LogP contribution in [0.4, 0.5) is 5.69 Å². The van der Waals surface area contributed by atoms with Crippen molar-refractivity contribution in [3.63, 3.8) is 0 Å². The van der Waals surface area contributed by atoms with E-state index in [1.165, 1.54) is 11.0 Å². The first-order valence-electron chi connectivity index (χ1n) is 9.00. The van der Waals surface area contributed by atoms with Gasteiger partial charge in [0.25, 0.3) is 11.7 Å². The Kier molecular flexibility index (Phi) is 6.01. The molecule has 6 heteroatoms. The second-order valence-electron chi connectivity index (χ2n) is 6.42. The minimum atomic E-state index is -0.550. The molecule has 0 saturated carbocycles. The van der Waals surface area contributed by atoms with Crippen molar-refractivity contribution in [3.05, 3.63) is 52.5 Å². The van der Waals surface area contributed by atoms with E-state index >= 15 is 0 Å². The Bertz CT molecular complexity index is 865. The number of fused-ring (bicyclic) bond motifs is 1. The predicted molar refractivity (Wildman–Crippen MR) is 105 cm³/mol. The van der Waals surface area contributed by atoms with Crippen LogP contribution < -0.4 is 14.4 Å². The van der Waals surface area contributed by atoms with Crippen molar-refractivity contribution < 1.29 is 19.1 Å². The molecule has 0 aromatic heterocycles. The number of Topliss-reactive ketones (excluding diaryl/α,β-unsaturated/α-hetero) is 1. The Labute approximate surface area is 163 Å². The number of nitrogens with zero attached hydrogens (tertiary/aromatic N) is 1. The molecular formula is C21H22ClNO4. The number of amides is 1. The van der Waals surface area contributed by atoms with Crippen LogP contribution in [-0.4, -0.2) is 25.4 Å². The molecule has 0 N–H and O–H groups in total. The van der Waals surface area contributed by atoms with E-state index in [0.29, 0.717) is 34.4 Å². The molecule has 0 unspecified atom stereocenters. The number of halogens is 1. The summed E-state index contributed by atoms with van der Waals surface area (Å²) in [5.74, 6) is 0.202. The van der Waals surface area contributed by atoms with E-state index in [1.54, 1.807) is 19.2 Å². The van der Waals surface area contributed by atoms with Gasteiger partial charge in [-0.15, -0.1) is 0 Å². The van der Waals surface area contributed by atoms with Gasteiger partial charge < -0.3 is 14.4 Å². The normalized spacial score (nSPS) is 13.1. The van der Waals surface area contributed by atoms with Crippen molar-refractivity contribution in [3.8, 4) is 11.5 Å². The molecule has 142 valence electrons. The largest absolute Gasteiger partial charge is 0.493 e. The molecule has 1 heterocycles. The van der Waals surface area contributed by atoms with Crippen LogP contribution in [0.3, 0.4) is 0 Å². The highest BCUT2D eigenvalue weighted by Crippen LogP contribution is 2.34. The summed E-state index contributed by atoms with van der Waals surface area (Å²) in [6.07, 6.45) is 3.24. The number of ether oxygens (including phenoxy) is 2. The van der Waals surface area contributed by atoms with Crippen molar-refractivity contribution in [2.24, 2.45) is 0 Å². The first-order valence-corrected chi connectivity index (χ1v) is 9.38. The van der Waals surface area contributed by atoms with Gasteiger partial charge in [0.15, 0.2) is 11.5 Å². The summed E-state index contributed by atoms with van der Waals surface area (Å²) in [5, 5.41) is 0.433. The highest BCUT2D eigenvalue weighted by atomic mass is 35.5. The zero-order valence-electron chi connectivity index (χ0n) is 15.5. The minimum Gasteiger partial charge on any atom is -0.493 e. The lowest BCUT2D eigenvalue weighted by Crippen LogP contribution is -2.29. The zero-order valence-corrected chi connectivity index (χ0v) is 16.2. The van der Waals surface area contributed by atoms with Crippen molar-refractivity contribution in [2.75, 3.05) is 18.6 Å². The molecule has 0 aliphatic carbocycles. The Hall–Kier alpha value is -2.53. The Morgan fingerprint density at radius 3 is 2.59 bits per heavy atom. The third kappa shape index (κ3) is 4.08. The summed E-state index contributed by atoms with van der Waals surface area (Å²) >= 11 is 5.95. The van der Waals surface area contributed by atoms with E-state index in [4.69, 9.17) is 21.1 Å². The molecule has 0 atom stereocenters. The van der Waals surface area contributed by atoms with Gasteiger partial charge in [-0.05, 0) is 42.3 Å². The van der Waals surface area contributed by atoms with Gasteiger partial charge in [0, 0.05) is 5.02 Å². The summed E-state index contributed by atoms with van der Waals surface area (Å²) in [7, 11) is 1.58. The van der Waals surface area contributed by atoms with Crippen LogP contribution in [0.2, 0.25) is 5.02 Å². The van der Waals surface area contributed by atoms with Crippen LogP contribution in [0.25, 0.3) is 0 Å². The molecule has 0 bridgehead atoms. The van der Waals surface area contributed by atoms with Crippen LogP contribution >= 0.6 is 11.6 Å². The van der Waals surface area contributed by atoms with Crippen LogP contribution in [0, 0.1) is 0 Å². The molecule has 0 fully saturated rings. The number of rotatable bonds is 8. The van der Waals surface area contributed by atoms with Gasteiger partial charge >= 0.3 is 0 Å². The minimum absolute atomic E-state index is 0.270. The van der Waals surface area contributed by atoms with Crippen molar-refractivity contribution >= 4 is 29.0 Å². The van der Waals surface area contributed by atoms with Gasteiger partial charge in [0.1, 0.15) is 0 Å². The molecule has 1 amide bonds. The lowest BCUT2D eigenvalue weighted by atomic mass is 10.1. The number of anilines is 1. The molecule has 3 rings (SSSR count). The lowest BCUT2D eigenvalue weighted by molar-refractivity contribution is -0.114. The van der Waals surface area contributed by atoms with Crippen LogP contribution in [-0.2, 0) is 11.3 Å². The summed E-state index contributed by atoms with van der Waals surface area (Å²) in [5.41, 5.74) is 1.76. The maximum atomic E-state index is 12.4. The smallest absolute Gasteiger partial charge is 0.299 e. The molecule has 2 aromatic carbocycles. The van der Waals surface area contributed by atoms with E-state index < -0.39 is 11.7 Å². The predicted octanol–water partition coefficient (Wildman–Crippen LogP) is 4.65. The molecule has 0 saturated heterocycles. The van der Waals surface area contributed by atoms with Crippen LogP contribution in [0.5, 0.6) is 11.5 Å². The molecular weight excluding hydrogens is 366 g/mol. The fourth-order valence-electron chi connectivity index (χ4n) is 3.08. The molecule has 1 aliphatic heterocycles. The molecule has 0 radical (unpaired) electrons. The number of carbonyl (C=O) groups is 2. The van der Waals surface area contributed by atoms with E-state index in [0.717, 1.165) is 24.8 Å². The number of hydrogen-bond acceptors (Lipinski definition) is 4. The number of ketones is 1. The average molecular weight is 388 g/mol. The van der Waals surface area contributed by atoms with Gasteiger partial charge in [-0.3, -0.25) is 9.59 Å². The Morgan fingerprint density at radius 1 is 1.04 bits per heavy atom. The van der Waals surface area contributed by atoms with E-state index in [1.807, 2.05) is 18.2 Å². The summed E-state index contributed by atoms with van der Waals surface area (Å²) < 4.78 is 11.2. The number of methoxy groups -OCH3 is 1. The maximum absolute atomic E-state index is 12.4. The number of hydrogen-bond donors (Lipinski definition) is 0. The Balaban J connectivity index is 1.78. The van der Waals surface area contributed by atoms with Gasteiger partial charge in [-0.2, -0.15) is 0 Å². The monoisotopic (exact) mass is 387 g/mol. The van der Waals surface area contributed by atoms with Crippen molar-refractivity contribution in [2.45, 2.75) is 32.7 Å². The second kappa shape index (κ2) is 8.44. The quantitative estimate of drug-likeness (QED) is 0.488. The fourth-order valence-corrected chi connectivity index (χ4v) is 3.25. The number of benzene rings is 2. The van der Waals surface area contributed by atoms with Gasteiger partial charge in [-0.25, -0.2) is 0 Å². The third-order valence-corrected chi connectivity index (χ3v) is 4.74.